The van der Waals surface area contributed by atoms with Crippen LogP contribution in [-0.4, -0.2) is 44.3 Å². The maximum atomic E-state index is 11.5. The van der Waals surface area contributed by atoms with Gasteiger partial charge >= 0.3 is 5.97 Å². The van der Waals surface area contributed by atoms with Crippen LogP contribution in [0, 0.1) is 46.3 Å². The minimum absolute atomic E-state index is 0.00911. The molecular weight excluding hydrogens is 382 g/mol. The fourth-order valence-electron chi connectivity index (χ4n) is 8.80. The van der Waals surface area contributed by atoms with Crippen LogP contribution in [-0.2, 0) is 4.79 Å². The fourth-order valence-corrected chi connectivity index (χ4v) is 8.80. The lowest BCUT2D eigenvalue weighted by Gasteiger charge is -2.65. The maximum absolute atomic E-state index is 11.5. The molecule has 172 valence electrons. The second kappa shape index (κ2) is 7.43. The fraction of sp³-hybridized carbons (Fsp3) is 0.958. The van der Waals surface area contributed by atoms with Crippen LogP contribution in [0.3, 0.4) is 0 Å². The average Bonchev–Trinajstić information content (AvgIpc) is 3.00. The van der Waals surface area contributed by atoms with Crippen molar-refractivity contribution in [2.24, 2.45) is 52.1 Å². The van der Waals surface area contributed by atoms with Crippen LogP contribution in [0.4, 0.5) is 0 Å². The molecule has 4 aliphatic carbocycles. The molecule has 30 heavy (non-hydrogen) atoms. The van der Waals surface area contributed by atoms with Crippen molar-refractivity contribution in [2.45, 2.75) is 96.5 Å². The van der Waals surface area contributed by atoms with E-state index in [2.05, 4.69) is 20.8 Å². The van der Waals surface area contributed by atoms with Crippen molar-refractivity contribution in [1.82, 2.24) is 0 Å². The lowest BCUT2D eigenvalue weighted by atomic mass is 9.42. The molecule has 6 nitrogen and oxygen atoms in total. The second-order valence-electron chi connectivity index (χ2n) is 11.8. The third-order valence-corrected chi connectivity index (χ3v) is 10.5. The summed E-state index contributed by atoms with van der Waals surface area (Å²) in [5, 5.41) is 42.4. The zero-order chi connectivity index (χ0) is 22.1. The van der Waals surface area contributed by atoms with Gasteiger partial charge in [0.05, 0.1) is 12.2 Å². The Hall–Kier alpha value is -0.690. The molecule has 0 aromatic heterocycles. The molecule has 0 bridgehead atoms. The van der Waals surface area contributed by atoms with Gasteiger partial charge < -0.3 is 26.2 Å². The van der Waals surface area contributed by atoms with Gasteiger partial charge in [0.25, 0.3) is 0 Å². The summed E-state index contributed by atoms with van der Waals surface area (Å²) in [6, 6.07) is 0. The van der Waals surface area contributed by atoms with E-state index in [1.54, 1.807) is 0 Å². The summed E-state index contributed by atoms with van der Waals surface area (Å²) in [6.07, 6.45) is 5.42. The SMILES string of the molecule is CC(CCC(=O)O)C1CCC2C3C(CC(O)C12C)C1(C)CCC(O)CC1CC3(N)O. The molecule has 0 aliphatic heterocycles. The topological polar surface area (TPSA) is 124 Å². The Morgan fingerprint density at radius 2 is 1.83 bits per heavy atom. The number of rotatable bonds is 4. The van der Waals surface area contributed by atoms with E-state index >= 15 is 0 Å². The van der Waals surface area contributed by atoms with E-state index < -0.39 is 17.8 Å². The summed E-state index contributed by atoms with van der Waals surface area (Å²) in [5.74, 6) is 0.105. The third kappa shape index (κ3) is 3.25. The minimum Gasteiger partial charge on any atom is -0.481 e. The highest BCUT2D eigenvalue weighted by molar-refractivity contribution is 5.66. The number of carboxylic acids is 1. The first-order valence-corrected chi connectivity index (χ1v) is 12.0. The van der Waals surface area contributed by atoms with Crippen molar-refractivity contribution in [3.8, 4) is 0 Å². The zero-order valence-corrected chi connectivity index (χ0v) is 18.8. The van der Waals surface area contributed by atoms with E-state index in [1.165, 1.54) is 0 Å². The molecule has 4 saturated carbocycles. The van der Waals surface area contributed by atoms with E-state index in [0.29, 0.717) is 25.7 Å². The number of hydrogen-bond donors (Lipinski definition) is 5. The van der Waals surface area contributed by atoms with Gasteiger partial charge in [-0.15, -0.1) is 0 Å². The quantitative estimate of drug-likeness (QED) is 0.443. The molecule has 0 aromatic carbocycles. The summed E-state index contributed by atoms with van der Waals surface area (Å²) in [5.41, 5.74) is 5.01. The summed E-state index contributed by atoms with van der Waals surface area (Å²) in [4.78, 5) is 11.1. The number of fused-ring (bicyclic) bond motifs is 5. The molecule has 0 amide bonds. The molecule has 11 atom stereocenters. The highest BCUT2D eigenvalue weighted by Crippen LogP contribution is 2.69. The van der Waals surface area contributed by atoms with Gasteiger partial charge in [-0.05, 0) is 91.8 Å². The van der Waals surface area contributed by atoms with Crippen molar-refractivity contribution < 1.29 is 25.2 Å². The van der Waals surface area contributed by atoms with Crippen LogP contribution in [0.15, 0.2) is 0 Å². The first kappa shape index (κ1) is 22.5. The average molecular weight is 424 g/mol. The van der Waals surface area contributed by atoms with E-state index in [4.69, 9.17) is 10.8 Å². The molecule has 4 aliphatic rings. The predicted octanol–water partition coefficient (Wildman–Crippen LogP) is 2.74. The highest BCUT2D eigenvalue weighted by atomic mass is 16.4. The van der Waals surface area contributed by atoms with Gasteiger partial charge in [-0.2, -0.15) is 0 Å². The monoisotopic (exact) mass is 423 g/mol. The van der Waals surface area contributed by atoms with Crippen LogP contribution < -0.4 is 5.73 Å². The van der Waals surface area contributed by atoms with E-state index in [1.807, 2.05) is 0 Å². The Bertz CT molecular complexity index is 683. The first-order chi connectivity index (χ1) is 13.9. The molecular formula is C24H41NO5. The summed E-state index contributed by atoms with van der Waals surface area (Å²) < 4.78 is 0. The number of carbonyl (C=O) groups is 1. The number of aliphatic carboxylic acids is 1. The van der Waals surface area contributed by atoms with Crippen LogP contribution in [0.5, 0.6) is 0 Å². The summed E-state index contributed by atoms with van der Waals surface area (Å²) >= 11 is 0. The van der Waals surface area contributed by atoms with Crippen molar-refractivity contribution in [2.75, 3.05) is 0 Å². The van der Waals surface area contributed by atoms with Gasteiger partial charge in [-0.1, -0.05) is 20.8 Å². The van der Waals surface area contributed by atoms with Gasteiger partial charge in [-0.25, -0.2) is 0 Å². The van der Waals surface area contributed by atoms with Gasteiger partial charge in [0.2, 0.25) is 0 Å². The molecule has 0 saturated heterocycles. The van der Waals surface area contributed by atoms with Crippen molar-refractivity contribution in [3.63, 3.8) is 0 Å². The highest BCUT2D eigenvalue weighted by Gasteiger charge is 2.68. The number of carboxylic acid groups (broad SMARTS) is 1. The molecule has 0 heterocycles. The summed E-state index contributed by atoms with van der Waals surface area (Å²) in [6.45, 7) is 6.59. The number of nitrogens with two attached hydrogens (primary N) is 1. The first-order valence-electron chi connectivity index (χ1n) is 12.0. The third-order valence-electron chi connectivity index (χ3n) is 10.5. The molecule has 0 spiro atoms. The van der Waals surface area contributed by atoms with E-state index in [9.17, 15) is 20.1 Å². The number of hydrogen-bond acceptors (Lipinski definition) is 5. The Labute approximate surface area is 180 Å². The Morgan fingerprint density at radius 1 is 1.13 bits per heavy atom. The van der Waals surface area contributed by atoms with Gasteiger partial charge in [0.15, 0.2) is 0 Å². The van der Waals surface area contributed by atoms with Gasteiger partial charge in [0.1, 0.15) is 5.72 Å². The van der Waals surface area contributed by atoms with Crippen LogP contribution in [0.25, 0.3) is 0 Å². The van der Waals surface area contributed by atoms with Crippen molar-refractivity contribution >= 4 is 5.97 Å². The predicted molar refractivity (Wildman–Crippen MR) is 113 cm³/mol. The molecule has 0 aromatic rings. The molecule has 4 fully saturated rings. The maximum Gasteiger partial charge on any atom is 0.303 e. The molecule has 11 unspecified atom stereocenters. The van der Waals surface area contributed by atoms with Gasteiger partial charge in [-0.3, -0.25) is 4.79 Å². The Morgan fingerprint density at radius 3 is 2.50 bits per heavy atom. The van der Waals surface area contributed by atoms with E-state index in [-0.39, 0.29) is 58.9 Å². The Balaban J connectivity index is 1.65. The zero-order valence-electron chi connectivity index (χ0n) is 18.8. The normalized spacial score (nSPS) is 54.0. The minimum atomic E-state index is -1.28. The molecule has 4 rings (SSSR count). The smallest absolute Gasteiger partial charge is 0.303 e. The standard InChI is InChI=1S/C24H41NO5/c1-13(4-7-20(28)29)16-5-6-17-21-18(11-19(27)23(16,17)3)22(2)9-8-15(26)10-14(22)12-24(21,25)30/h13-19,21,26-27,30H,4-12,25H2,1-3H3,(H,28,29). The van der Waals surface area contributed by atoms with Crippen LogP contribution in [0.2, 0.25) is 0 Å². The van der Waals surface area contributed by atoms with Crippen molar-refractivity contribution in [3.05, 3.63) is 0 Å². The molecule has 6 N–H and O–H groups in total. The molecule has 0 radical (unpaired) electrons. The lowest BCUT2D eigenvalue weighted by Crippen LogP contribution is -2.69. The largest absolute Gasteiger partial charge is 0.481 e. The van der Waals surface area contributed by atoms with E-state index in [0.717, 1.165) is 25.7 Å². The summed E-state index contributed by atoms with van der Waals surface area (Å²) in [7, 11) is 0. The Kier molecular flexibility index (Phi) is 5.57. The van der Waals surface area contributed by atoms with Crippen LogP contribution >= 0.6 is 0 Å². The van der Waals surface area contributed by atoms with Gasteiger partial charge in [0, 0.05) is 12.3 Å². The lowest BCUT2D eigenvalue weighted by molar-refractivity contribution is -0.240. The number of aliphatic hydroxyl groups excluding tert-OH is 2. The second-order valence-corrected chi connectivity index (χ2v) is 11.8. The van der Waals surface area contributed by atoms with Crippen LogP contribution in [0.1, 0.15) is 78.6 Å². The number of aliphatic hydroxyl groups is 3. The molecule has 6 heteroatoms. The van der Waals surface area contributed by atoms with Crippen molar-refractivity contribution in [1.29, 1.82) is 0 Å².